The lowest BCUT2D eigenvalue weighted by molar-refractivity contribution is -0.118. The molecule has 4 fully saturated rings. The third-order valence-corrected chi connectivity index (χ3v) is 20.1. The van der Waals surface area contributed by atoms with Crippen molar-refractivity contribution in [3.05, 3.63) is 205 Å². The number of nitrogens with one attached hydrogen (secondary N) is 8. The molecule has 34 nitrogen and oxygen atoms in total. The van der Waals surface area contributed by atoms with E-state index in [1.165, 1.54) is 24.3 Å². The Morgan fingerprint density at radius 3 is 0.940 bits per heavy atom. The number of piperidine rings is 4. The standard InChI is InChI=1S/2C21H26N6O2.2C20H25N7O2.CH4/c1-4-18(28)25-16-9-6-10-27(14(16)3)17-12-23-19(20(22)29)21(26-17)24-15-8-5-7-13(2)11-15;1-4-18(28)25-16-6-5-11-27(14(16)3)17-12-23-19(20(22)29)21(26-17)24-15-9-7-13(2)8-10-15;1-4-16(28)23-15-9-6-10-27(13(15)3)20-24-19(17(18(21)29)25-26-20)22-14-8-5-7-12(2)11-14;1-4-16(28)23-15-6-5-11-27(13(15)3)20-24-19(17(18(21)29)25-26-20)22-14-9-7-12(2)8-10-14;/h4-5,7-8,11-12,14,16H,1,6,9-10H2,2-3H3,(H2,22,29)(H,24,26)(H,25,28);4,7-10,12,14,16H,1,5-6,11H2,2-3H3,(H2,22,29)(H,24,26)(H,25,28);4-5,7-8,11,13,15H,1,6,9-10H2,2-3H3,(H2,21,29)(H,23,28)(H,22,24,26);4,7-10,13,15H,1,5-6,11H2,2-3H3,(H2,21,29)(H,23,28)(H,22,24,26);1H4/t2*14-,16-;2*13-,15-;/m1111./s1. The van der Waals surface area contributed by atoms with E-state index in [9.17, 15) is 38.4 Å². The molecule has 0 bridgehead atoms. The number of aromatic nitrogens is 10. The molecule has 4 saturated heterocycles. The van der Waals surface area contributed by atoms with Crippen LogP contribution in [0.3, 0.4) is 0 Å². The molecule has 8 heterocycles. The van der Waals surface area contributed by atoms with Crippen LogP contribution >= 0.6 is 0 Å². The summed E-state index contributed by atoms with van der Waals surface area (Å²) in [4.78, 5) is 129. The molecule has 4 aromatic heterocycles. The number of anilines is 12. The van der Waals surface area contributed by atoms with Crippen LogP contribution in [0.4, 0.5) is 69.6 Å². The monoisotopic (exact) mass is 1590 g/mol. The predicted molar refractivity (Wildman–Crippen MR) is 455 cm³/mol. The number of carbonyl (C=O) groups is 8. The fourth-order valence-electron chi connectivity index (χ4n) is 13.7. The molecule has 34 heteroatoms. The molecule has 4 aliphatic rings. The third-order valence-electron chi connectivity index (χ3n) is 20.1. The second-order valence-corrected chi connectivity index (χ2v) is 28.5. The van der Waals surface area contributed by atoms with Gasteiger partial charge in [-0.25, -0.2) is 19.9 Å². The van der Waals surface area contributed by atoms with E-state index in [1.54, 1.807) is 12.4 Å². The van der Waals surface area contributed by atoms with Crippen LogP contribution in [0.25, 0.3) is 0 Å². The van der Waals surface area contributed by atoms with E-state index in [0.717, 1.165) is 109 Å². The van der Waals surface area contributed by atoms with Crippen molar-refractivity contribution < 1.29 is 38.4 Å². The summed E-state index contributed by atoms with van der Waals surface area (Å²) in [5.74, 6) is -0.452. The molecule has 4 aliphatic heterocycles. The average Bonchev–Trinajstić information content (AvgIpc) is 0.814. The maximum Gasteiger partial charge on any atom is 0.273 e. The SMILES string of the molecule is C.C=CC(=O)N[C@@H]1CCCN(c2cnc(C(N)=O)c(Nc3ccc(C)cc3)n2)[C@@H]1C.C=CC(=O)N[C@@H]1CCCN(c2cnc(C(N)=O)c(Nc3cccc(C)c3)n2)[C@@H]1C.C=CC(=O)N[C@@H]1CCCN(c2nnc(C(N)=O)c(Nc3ccc(C)cc3)n2)[C@@H]1C.C=CC(=O)N[C@@H]1CCCN(c2nnc(C(N)=O)c(Nc3cccc(C)c3)n2)[C@@H]1C. The van der Waals surface area contributed by atoms with Crippen molar-refractivity contribution in [2.45, 2.75) is 163 Å². The number of carbonyl (C=O) groups excluding carboxylic acids is 8. The first kappa shape index (κ1) is 88.7. The normalized spacial score (nSPS) is 18.6. The molecule has 0 aliphatic carbocycles. The molecule has 8 aromatic rings. The first-order valence-electron chi connectivity index (χ1n) is 38.1. The Hall–Kier alpha value is -13.8. The number of hydrogen-bond donors (Lipinski definition) is 12. The number of amides is 8. The fraction of sp³-hybridized carbons (Fsp3) is 0.349. The van der Waals surface area contributed by atoms with Gasteiger partial charge in [0.2, 0.25) is 35.5 Å². The lowest BCUT2D eigenvalue weighted by Crippen LogP contribution is -2.54. The molecular formula is C83H106N26O8. The van der Waals surface area contributed by atoms with Gasteiger partial charge in [-0.3, -0.25) is 38.4 Å². The van der Waals surface area contributed by atoms with Gasteiger partial charge in [0, 0.05) is 97.3 Å². The summed E-state index contributed by atoms with van der Waals surface area (Å²) in [5, 5.41) is 40.6. The van der Waals surface area contributed by atoms with Gasteiger partial charge >= 0.3 is 0 Å². The molecule has 0 saturated carbocycles. The van der Waals surface area contributed by atoms with Crippen LogP contribution in [0.2, 0.25) is 0 Å². The molecular weight excluding hydrogens is 1490 g/mol. The highest BCUT2D eigenvalue weighted by atomic mass is 16.2. The van der Waals surface area contributed by atoms with Crippen molar-refractivity contribution in [2.75, 3.05) is 67.0 Å². The van der Waals surface area contributed by atoms with Gasteiger partial charge in [0.15, 0.2) is 46.0 Å². The number of primary amides is 4. The molecule has 0 unspecified atom stereocenters. The Labute approximate surface area is 681 Å². The number of nitrogens with two attached hydrogens (primary N) is 4. The summed E-state index contributed by atoms with van der Waals surface area (Å²) >= 11 is 0. The molecule has 117 heavy (non-hydrogen) atoms. The van der Waals surface area contributed by atoms with E-state index < -0.39 is 23.6 Å². The lowest BCUT2D eigenvalue weighted by Gasteiger charge is -2.40. The maximum atomic E-state index is 11.8. The number of benzene rings is 4. The highest BCUT2D eigenvalue weighted by Crippen LogP contribution is 2.32. The summed E-state index contributed by atoms with van der Waals surface area (Å²) in [6, 6.07) is 30.5. The molecule has 8 amide bonds. The van der Waals surface area contributed by atoms with E-state index in [-0.39, 0.29) is 114 Å². The minimum absolute atomic E-state index is 0. The van der Waals surface area contributed by atoms with Gasteiger partial charge in [-0.1, -0.05) is 93.4 Å². The Balaban J connectivity index is 0.000000194. The van der Waals surface area contributed by atoms with Gasteiger partial charge in [0.05, 0.1) is 12.4 Å². The van der Waals surface area contributed by atoms with Gasteiger partial charge in [-0.2, -0.15) is 9.97 Å². The van der Waals surface area contributed by atoms with Crippen LogP contribution in [0.5, 0.6) is 0 Å². The smallest absolute Gasteiger partial charge is 0.273 e. The van der Waals surface area contributed by atoms with Crippen molar-refractivity contribution in [3.63, 3.8) is 0 Å². The van der Waals surface area contributed by atoms with E-state index >= 15 is 0 Å². The summed E-state index contributed by atoms with van der Waals surface area (Å²) in [5.41, 5.74) is 29.5. The van der Waals surface area contributed by atoms with Gasteiger partial charge in [0.25, 0.3) is 23.6 Å². The zero-order valence-electron chi connectivity index (χ0n) is 66.5. The average molecular weight is 1600 g/mol. The molecule has 12 rings (SSSR count). The van der Waals surface area contributed by atoms with Gasteiger partial charge in [0.1, 0.15) is 11.6 Å². The maximum absolute atomic E-state index is 11.8. The van der Waals surface area contributed by atoms with E-state index in [1.807, 2.05) is 162 Å². The quantitative estimate of drug-likeness (QED) is 0.0252. The zero-order chi connectivity index (χ0) is 83.9. The van der Waals surface area contributed by atoms with Crippen LogP contribution in [0.15, 0.2) is 160 Å². The van der Waals surface area contributed by atoms with Gasteiger partial charge < -0.3 is 85.1 Å². The van der Waals surface area contributed by atoms with E-state index in [0.29, 0.717) is 48.3 Å². The number of aryl methyl sites for hydroxylation is 4. The zero-order valence-corrected chi connectivity index (χ0v) is 66.5. The largest absolute Gasteiger partial charge is 0.364 e. The highest BCUT2D eigenvalue weighted by Gasteiger charge is 2.36. The highest BCUT2D eigenvalue weighted by molar-refractivity contribution is 5.99. The molecule has 0 radical (unpaired) electrons. The number of rotatable bonds is 24. The molecule has 616 valence electrons. The first-order valence-corrected chi connectivity index (χ1v) is 38.1. The molecule has 4 aromatic carbocycles. The second kappa shape index (κ2) is 41.8. The summed E-state index contributed by atoms with van der Waals surface area (Å²) in [6.07, 6.45) is 15.1. The number of nitrogens with zero attached hydrogens (tertiary/aromatic N) is 14. The fourth-order valence-corrected chi connectivity index (χ4v) is 13.7. The van der Waals surface area contributed by atoms with Crippen molar-refractivity contribution in [1.82, 2.24) is 71.6 Å². The van der Waals surface area contributed by atoms with E-state index in [2.05, 4.69) is 129 Å². The third kappa shape index (κ3) is 24.1. The minimum atomic E-state index is -0.714. The van der Waals surface area contributed by atoms with Crippen LogP contribution < -0.4 is 85.1 Å². The number of hydrogen-bond acceptors (Lipinski definition) is 26. The summed E-state index contributed by atoms with van der Waals surface area (Å²) < 4.78 is 0. The van der Waals surface area contributed by atoms with Crippen molar-refractivity contribution >= 4 is 117 Å². The van der Waals surface area contributed by atoms with Crippen LogP contribution in [-0.2, 0) is 19.2 Å². The Morgan fingerprint density at radius 2 is 0.650 bits per heavy atom. The Bertz CT molecular complexity index is 4590. The summed E-state index contributed by atoms with van der Waals surface area (Å²) in [7, 11) is 0. The van der Waals surface area contributed by atoms with Gasteiger partial charge in [-0.05, 0) is 191 Å². The second-order valence-electron chi connectivity index (χ2n) is 28.5. The topological polar surface area (TPSA) is 479 Å². The van der Waals surface area contributed by atoms with Crippen LogP contribution in [-0.4, -0.2) is 172 Å². The minimum Gasteiger partial charge on any atom is -0.364 e. The van der Waals surface area contributed by atoms with Gasteiger partial charge in [-0.15, -0.1) is 20.4 Å². The molecule has 16 N–H and O–H groups in total. The van der Waals surface area contributed by atoms with Crippen LogP contribution in [0, 0.1) is 27.7 Å². The first-order chi connectivity index (χ1) is 55.5. The lowest BCUT2D eigenvalue weighted by atomic mass is 9.97. The summed E-state index contributed by atoms with van der Waals surface area (Å²) in [6.45, 7) is 33.0. The van der Waals surface area contributed by atoms with Crippen molar-refractivity contribution in [2.24, 2.45) is 22.9 Å². The van der Waals surface area contributed by atoms with E-state index in [4.69, 9.17) is 22.9 Å². The molecule has 8 atom stereocenters. The van der Waals surface area contributed by atoms with Crippen molar-refractivity contribution in [3.8, 4) is 0 Å². The van der Waals surface area contributed by atoms with Crippen LogP contribution in [0.1, 0.15) is 151 Å². The Kier molecular flexibility index (Phi) is 31.7. The Morgan fingerprint density at radius 1 is 0.368 bits per heavy atom. The van der Waals surface area contributed by atoms with Crippen molar-refractivity contribution in [1.29, 1.82) is 0 Å². The molecule has 0 spiro atoms. The predicted octanol–water partition coefficient (Wildman–Crippen LogP) is 8.57.